The summed E-state index contributed by atoms with van der Waals surface area (Å²) in [5, 5.41) is 6.66. The molecule has 4 fully saturated rings. The van der Waals surface area contributed by atoms with Gasteiger partial charge < -0.3 is 19.9 Å². The molecule has 0 aromatic heterocycles. The predicted molar refractivity (Wildman–Crippen MR) is 137 cm³/mol. The summed E-state index contributed by atoms with van der Waals surface area (Å²) >= 11 is 0. The second-order valence-electron chi connectivity index (χ2n) is 11.3. The molecule has 0 radical (unpaired) electrons. The number of benzene rings is 1. The van der Waals surface area contributed by atoms with Crippen LogP contribution in [-0.4, -0.2) is 83.9 Å². The van der Waals surface area contributed by atoms with Crippen molar-refractivity contribution < 1.29 is 19.1 Å². The fourth-order valence-corrected chi connectivity index (χ4v) is 6.10. The van der Waals surface area contributed by atoms with Crippen molar-refractivity contribution in [3.63, 3.8) is 0 Å². The van der Waals surface area contributed by atoms with Gasteiger partial charge in [0.1, 0.15) is 18.7 Å². The van der Waals surface area contributed by atoms with Crippen molar-refractivity contribution in [2.45, 2.75) is 82.1 Å². The minimum Gasteiger partial charge on any atom is -0.367 e. The number of piperidine rings is 1. The Kier molecular flexibility index (Phi) is 7.51. The number of hydrogen-bond acceptors (Lipinski definition) is 6. The number of fused-ring (bicyclic) bond motifs is 1. The summed E-state index contributed by atoms with van der Waals surface area (Å²) in [6.45, 7) is 6.24. The fourth-order valence-electron chi connectivity index (χ4n) is 6.10. The molecule has 3 aliphatic heterocycles. The first-order valence-electron chi connectivity index (χ1n) is 13.5. The second kappa shape index (κ2) is 10.8. The van der Waals surface area contributed by atoms with Gasteiger partial charge in [-0.3, -0.25) is 14.4 Å². The Hall–Kier alpha value is -2.94. The summed E-state index contributed by atoms with van der Waals surface area (Å²) in [5.74, 6) is -0.209. The van der Waals surface area contributed by atoms with Crippen LogP contribution in [0.5, 0.6) is 0 Å². The molecule has 3 saturated heterocycles. The van der Waals surface area contributed by atoms with Crippen molar-refractivity contribution in [2.24, 2.45) is 11.0 Å². The maximum atomic E-state index is 13.6. The molecule has 1 N–H and O–H groups in total. The standard InChI is InChI=1S/C27H36N6O4/c1-16(2)13-21(27(36)33-14-22(30-31-28)25-24(33)23(34)15-37-25)29-26(35)19-5-3-17(4-6-19)18-9-11-32(12-10-18)20-7-8-20/h3-6,16,18,20-22,24-25H,7-15H2,1-2H3,(H,29,35)/t21-,22-,24+,25+/m0/s1. The van der Waals surface area contributed by atoms with Crippen LogP contribution in [0, 0.1) is 5.92 Å². The number of amides is 2. The SMILES string of the molecule is CC(C)C[C@H](NC(=O)c1ccc(C2CCN(C3CC3)CC2)cc1)C(=O)N1C[C@H](N=[N+]=[N-])[C@H]2OCC(=O)[C@H]21. The van der Waals surface area contributed by atoms with E-state index in [-0.39, 0.29) is 36.7 Å². The molecule has 0 bridgehead atoms. The summed E-state index contributed by atoms with van der Waals surface area (Å²) < 4.78 is 5.53. The molecular weight excluding hydrogens is 472 g/mol. The number of carbonyl (C=O) groups excluding carboxylic acids is 3. The number of nitrogens with zero attached hydrogens (tertiary/aromatic N) is 5. The van der Waals surface area contributed by atoms with Crippen molar-refractivity contribution in [1.82, 2.24) is 15.1 Å². The van der Waals surface area contributed by atoms with E-state index in [1.54, 1.807) is 0 Å². The lowest BCUT2D eigenvalue weighted by molar-refractivity contribution is -0.138. The van der Waals surface area contributed by atoms with Crippen molar-refractivity contribution in [2.75, 3.05) is 26.2 Å². The van der Waals surface area contributed by atoms with E-state index in [4.69, 9.17) is 10.3 Å². The van der Waals surface area contributed by atoms with Crippen molar-refractivity contribution in [1.29, 1.82) is 0 Å². The highest BCUT2D eigenvalue weighted by atomic mass is 16.5. The van der Waals surface area contributed by atoms with E-state index in [1.165, 1.54) is 23.3 Å². The van der Waals surface area contributed by atoms with Gasteiger partial charge in [-0.25, -0.2) is 0 Å². The largest absolute Gasteiger partial charge is 0.367 e. The average molecular weight is 509 g/mol. The maximum absolute atomic E-state index is 13.6. The lowest BCUT2D eigenvalue weighted by Gasteiger charge is -2.32. The van der Waals surface area contributed by atoms with Crippen LogP contribution in [0.4, 0.5) is 0 Å². The van der Waals surface area contributed by atoms with E-state index in [2.05, 4.69) is 20.2 Å². The summed E-state index contributed by atoms with van der Waals surface area (Å²) in [5.41, 5.74) is 10.7. The molecule has 0 spiro atoms. The molecule has 0 unspecified atom stereocenters. The lowest BCUT2D eigenvalue weighted by atomic mass is 9.89. The smallest absolute Gasteiger partial charge is 0.251 e. The van der Waals surface area contributed by atoms with E-state index >= 15 is 0 Å². The molecule has 5 rings (SSSR count). The molecule has 1 aromatic rings. The van der Waals surface area contributed by atoms with E-state index in [0.29, 0.717) is 17.9 Å². The zero-order chi connectivity index (χ0) is 26.1. The van der Waals surface area contributed by atoms with Gasteiger partial charge in [0.2, 0.25) is 5.91 Å². The molecule has 1 aromatic carbocycles. The summed E-state index contributed by atoms with van der Waals surface area (Å²) in [4.78, 5) is 46.1. The third-order valence-electron chi connectivity index (χ3n) is 8.19. The zero-order valence-electron chi connectivity index (χ0n) is 21.6. The first-order chi connectivity index (χ1) is 17.9. The second-order valence-corrected chi connectivity index (χ2v) is 11.3. The van der Waals surface area contributed by atoms with Gasteiger partial charge in [-0.05, 0) is 80.3 Å². The molecule has 37 heavy (non-hydrogen) atoms. The van der Waals surface area contributed by atoms with E-state index in [1.807, 2.05) is 38.1 Å². The number of rotatable bonds is 8. The number of likely N-dealkylation sites (tertiary alicyclic amines) is 2. The summed E-state index contributed by atoms with van der Waals surface area (Å²) in [7, 11) is 0. The third-order valence-corrected chi connectivity index (χ3v) is 8.19. The molecule has 4 atom stereocenters. The average Bonchev–Trinajstić information content (AvgIpc) is 3.59. The molecule has 10 heteroatoms. The van der Waals surface area contributed by atoms with E-state index in [0.717, 1.165) is 32.0 Å². The molecule has 2 amide bonds. The number of azide groups is 1. The Labute approximate surface area is 217 Å². The van der Waals surface area contributed by atoms with Crippen LogP contribution >= 0.6 is 0 Å². The van der Waals surface area contributed by atoms with Crippen LogP contribution in [0.1, 0.15) is 67.8 Å². The van der Waals surface area contributed by atoms with Gasteiger partial charge in [0.25, 0.3) is 5.91 Å². The predicted octanol–water partition coefficient (Wildman–Crippen LogP) is 3.03. The highest BCUT2D eigenvalue weighted by molar-refractivity contribution is 5.99. The van der Waals surface area contributed by atoms with Gasteiger partial charge in [-0.1, -0.05) is 31.1 Å². The minimum atomic E-state index is -0.794. The van der Waals surface area contributed by atoms with Crippen molar-refractivity contribution in [3.8, 4) is 0 Å². The number of ether oxygens (including phenoxy) is 1. The molecule has 4 aliphatic rings. The zero-order valence-corrected chi connectivity index (χ0v) is 21.6. The highest BCUT2D eigenvalue weighted by Gasteiger charge is 2.53. The quantitative estimate of drug-likeness (QED) is 0.328. The van der Waals surface area contributed by atoms with Crippen LogP contribution in [-0.2, 0) is 14.3 Å². The first kappa shape index (κ1) is 25.7. The van der Waals surface area contributed by atoms with Crippen LogP contribution in [0.15, 0.2) is 29.4 Å². The molecule has 198 valence electrons. The van der Waals surface area contributed by atoms with Gasteiger partial charge in [0.05, 0.1) is 12.1 Å². The van der Waals surface area contributed by atoms with Gasteiger partial charge in [0.15, 0.2) is 5.78 Å². The Balaban J connectivity index is 1.25. The Bertz CT molecular complexity index is 1070. The molecule has 10 nitrogen and oxygen atoms in total. The van der Waals surface area contributed by atoms with Crippen LogP contribution in [0.3, 0.4) is 0 Å². The Morgan fingerprint density at radius 1 is 1.16 bits per heavy atom. The monoisotopic (exact) mass is 508 g/mol. The Morgan fingerprint density at radius 2 is 1.86 bits per heavy atom. The fraction of sp³-hybridized carbons (Fsp3) is 0.667. The molecule has 1 aliphatic carbocycles. The molecule has 3 heterocycles. The number of hydrogen-bond donors (Lipinski definition) is 1. The van der Waals surface area contributed by atoms with Crippen LogP contribution in [0.2, 0.25) is 0 Å². The van der Waals surface area contributed by atoms with E-state index < -0.39 is 24.2 Å². The first-order valence-corrected chi connectivity index (χ1v) is 13.5. The molecular formula is C27H36N6O4. The normalized spacial score (nSPS) is 27.2. The molecule has 1 saturated carbocycles. The van der Waals surface area contributed by atoms with Gasteiger partial charge in [-0.15, -0.1) is 0 Å². The van der Waals surface area contributed by atoms with Gasteiger partial charge >= 0.3 is 0 Å². The lowest BCUT2D eigenvalue weighted by Crippen LogP contribution is -2.52. The maximum Gasteiger partial charge on any atom is 0.251 e. The van der Waals surface area contributed by atoms with Gasteiger partial charge in [0, 0.05) is 23.1 Å². The number of carbonyl (C=O) groups is 3. The number of ketones is 1. The number of Topliss-reactive ketones (excluding diaryl/α,β-unsaturated/α-hetero) is 1. The minimum absolute atomic E-state index is 0.0999. The number of nitrogens with one attached hydrogen (secondary N) is 1. The third kappa shape index (κ3) is 5.51. The Morgan fingerprint density at radius 3 is 2.49 bits per heavy atom. The summed E-state index contributed by atoms with van der Waals surface area (Å²) in [6, 6.07) is 6.37. The van der Waals surface area contributed by atoms with Gasteiger partial charge in [-0.2, -0.15) is 0 Å². The summed E-state index contributed by atoms with van der Waals surface area (Å²) in [6.07, 6.45) is 4.76. The topological polar surface area (TPSA) is 128 Å². The van der Waals surface area contributed by atoms with E-state index in [9.17, 15) is 14.4 Å². The van der Waals surface area contributed by atoms with Crippen molar-refractivity contribution in [3.05, 3.63) is 45.8 Å². The van der Waals surface area contributed by atoms with Crippen molar-refractivity contribution >= 4 is 17.6 Å². The highest BCUT2D eigenvalue weighted by Crippen LogP contribution is 2.35. The van der Waals surface area contributed by atoms with Crippen LogP contribution in [0.25, 0.3) is 10.4 Å². The van der Waals surface area contributed by atoms with Crippen LogP contribution < -0.4 is 5.32 Å².